The Kier molecular flexibility index (Phi) is 6.80. The van der Waals surface area contributed by atoms with E-state index >= 15 is 0 Å². The van der Waals surface area contributed by atoms with Crippen molar-refractivity contribution in [3.8, 4) is 0 Å². The molecule has 1 fully saturated rings. The summed E-state index contributed by atoms with van der Waals surface area (Å²) in [5.41, 5.74) is 3.79. The molecule has 4 rings (SSSR count). The Morgan fingerprint density at radius 1 is 0.593 bits per heavy atom. The lowest BCUT2D eigenvalue weighted by Gasteiger charge is -2.46. The van der Waals surface area contributed by atoms with Crippen LogP contribution in [0.5, 0.6) is 0 Å². The lowest BCUT2D eigenvalue weighted by molar-refractivity contribution is -0.664. The molecule has 0 aromatic heterocycles. The fourth-order valence-electron chi connectivity index (χ4n) is 4.17. The SMILES string of the molecule is CC.c1ccc(C(c2ccccc2)(c2ccccc2)N2CC[NH2+]CC2)cc1. The topological polar surface area (TPSA) is 19.9 Å². The van der Waals surface area contributed by atoms with E-state index < -0.39 is 0 Å². The first-order valence-electron chi connectivity index (χ1n) is 10.2. The molecule has 3 aromatic carbocycles. The van der Waals surface area contributed by atoms with Gasteiger partial charge < -0.3 is 5.32 Å². The number of quaternary nitrogens is 1. The van der Waals surface area contributed by atoms with Crippen molar-refractivity contribution in [2.24, 2.45) is 0 Å². The van der Waals surface area contributed by atoms with Gasteiger partial charge in [0.05, 0.1) is 18.6 Å². The summed E-state index contributed by atoms with van der Waals surface area (Å²) in [6.45, 7) is 8.46. The second kappa shape index (κ2) is 9.50. The Morgan fingerprint density at radius 3 is 1.26 bits per heavy atom. The van der Waals surface area contributed by atoms with Crippen LogP contribution < -0.4 is 5.32 Å². The Labute approximate surface area is 163 Å². The number of piperazine rings is 1. The van der Waals surface area contributed by atoms with Crippen molar-refractivity contribution < 1.29 is 5.32 Å². The summed E-state index contributed by atoms with van der Waals surface area (Å²) in [5, 5.41) is 2.42. The monoisotopic (exact) mass is 359 g/mol. The van der Waals surface area contributed by atoms with Crippen LogP contribution in [0.25, 0.3) is 0 Å². The van der Waals surface area contributed by atoms with Crippen molar-refractivity contribution in [2.45, 2.75) is 19.4 Å². The molecule has 2 nitrogen and oxygen atoms in total. The minimum atomic E-state index is -0.238. The highest BCUT2D eigenvalue weighted by molar-refractivity contribution is 5.49. The quantitative estimate of drug-likeness (QED) is 0.701. The van der Waals surface area contributed by atoms with E-state index in [0.29, 0.717) is 0 Å². The van der Waals surface area contributed by atoms with Gasteiger partial charge in [0.1, 0.15) is 0 Å². The van der Waals surface area contributed by atoms with Gasteiger partial charge in [0.2, 0.25) is 0 Å². The largest absolute Gasteiger partial charge is 0.344 e. The third kappa shape index (κ3) is 3.83. The van der Waals surface area contributed by atoms with Gasteiger partial charge in [-0.1, -0.05) is 105 Å². The zero-order chi connectivity index (χ0) is 19.0. The maximum Gasteiger partial charge on any atom is 0.0977 e. The second-order valence-corrected chi connectivity index (χ2v) is 6.66. The summed E-state index contributed by atoms with van der Waals surface area (Å²) in [4.78, 5) is 2.66. The van der Waals surface area contributed by atoms with Gasteiger partial charge in [-0.3, -0.25) is 4.90 Å². The summed E-state index contributed by atoms with van der Waals surface area (Å²) in [6, 6.07) is 32.9. The maximum atomic E-state index is 2.66. The van der Waals surface area contributed by atoms with Crippen LogP contribution in [0.15, 0.2) is 91.0 Å². The number of nitrogens with two attached hydrogens (primary N) is 1. The van der Waals surface area contributed by atoms with Gasteiger partial charge in [-0.25, -0.2) is 0 Å². The van der Waals surface area contributed by atoms with E-state index in [4.69, 9.17) is 0 Å². The summed E-state index contributed by atoms with van der Waals surface area (Å²) >= 11 is 0. The molecule has 0 spiro atoms. The molecule has 0 saturated carbocycles. The van der Waals surface area contributed by atoms with Crippen LogP contribution in [0.3, 0.4) is 0 Å². The number of hydrogen-bond donors (Lipinski definition) is 1. The fraction of sp³-hybridized carbons (Fsp3) is 0.280. The molecular weight excluding hydrogens is 328 g/mol. The Balaban J connectivity index is 0.00000102. The number of hydrogen-bond acceptors (Lipinski definition) is 1. The van der Waals surface area contributed by atoms with Crippen LogP contribution in [-0.4, -0.2) is 31.1 Å². The molecule has 1 heterocycles. The van der Waals surface area contributed by atoms with Gasteiger partial charge >= 0.3 is 0 Å². The van der Waals surface area contributed by atoms with E-state index in [1.807, 2.05) is 13.8 Å². The predicted octanol–water partition coefficient (Wildman–Crippen LogP) is 3.88. The summed E-state index contributed by atoms with van der Waals surface area (Å²) in [5.74, 6) is 0. The molecule has 0 atom stereocenters. The number of rotatable bonds is 4. The molecule has 0 amide bonds. The van der Waals surface area contributed by atoms with Crippen molar-refractivity contribution in [3.05, 3.63) is 108 Å². The standard InChI is InChI=1S/C23H24N2.C2H6/c1-4-10-20(11-5-1)23(21-12-6-2-7-13-21,22-14-8-3-9-15-22)25-18-16-24-17-19-25;1-2/h1-15,24H,16-19H2;1-2H3/p+1. The molecule has 3 aromatic rings. The van der Waals surface area contributed by atoms with Crippen LogP contribution >= 0.6 is 0 Å². The number of benzene rings is 3. The minimum absolute atomic E-state index is 0.238. The molecule has 1 aliphatic rings. The smallest absolute Gasteiger partial charge is 0.0977 e. The lowest BCUT2D eigenvalue weighted by Crippen LogP contribution is -2.90. The minimum Gasteiger partial charge on any atom is -0.344 e. The Bertz CT molecular complexity index is 682. The predicted molar refractivity (Wildman–Crippen MR) is 114 cm³/mol. The van der Waals surface area contributed by atoms with Crippen molar-refractivity contribution in [1.29, 1.82) is 0 Å². The summed E-state index contributed by atoms with van der Waals surface area (Å²) in [7, 11) is 0. The third-order valence-electron chi connectivity index (χ3n) is 5.26. The molecule has 0 aliphatic carbocycles. The van der Waals surface area contributed by atoms with E-state index in [0.717, 1.165) is 26.2 Å². The van der Waals surface area contributed by atoms with E-state index in [1.54, 1.807) is 0 Å². The first kappa shape index (κ1) is 19.3. The summed E-state index contributed by atoms with van der Waals surface area (Å²) in [6.07, 6.45) is 0. The fourth-order valence-corrected chi connectivity index (χ4v) is 4.17. The normalized spacial score (nSPS) is 14.9. The van der Waals surface area contributed by atoms with Crippen LogP contribution in [0, 0.1) is 0 Å². The zero-order valence-corrected chi connectivity index (χ0v) is 16.5. The van der Waals surface area contributed by atoms with Crippen molar-refractivity contribution in [2.75, 3.05) is 26.2 Å². The zero-order valence-electron chi connectivity index (χ0n) is 16.5. The average Bonchev–Trinajstić information content (AvgIpc) is 2.79. The first-order valence-corrected chi connectivity index (χ1v) is 10.2. The van der Waals surface area contributed by atoms with Crippen molar-refractivity contribution >= 4 is 0 Å². The lowest BCUT2D eigenvalue weighted by atomic mass is 9.75. The van der Waals surface area contributed by atoms with Crippen LogP contribution in [-0.2, 0) is 5.54 Å². The Morgan fingerprint density at radius 2 is 0.926 bits per heavy atom. The van der Waals surface area contributed by atoms with Gasteiger partial charge in [-0.15, -0.1) is 0 Å². The summed E-state index contributed by atoms with van der Waals surface area (Å²) < 4.78 is 0. The highest BCUT2D eigenvalue weighted by Gasteiger charge is 2.42. The molecule has 2 N–H and O–H groups in total. The van der Waals surface area contributed by atoms with Crippen molar-refractivity contribution in [3.63, 3.8) is 0 Å². The second-order valence-electron chi connectivity index (χ2n) is 6.66. The van der Waals surface area contributed by atoms with Gasteiger partial charge in [-0.2, -0.15) is 0 Å². The molecule has 0 bridgehead atoms. The van der Waals surface area contributed by atoms with Crippen LogP contribution in [0.2, 0.25) is 0 Å². The molecule has 0 unspecified atom stereocenters. The Hall–Kier alpha value is -2.42. The maximum absolute atomic E-state index is 2.66. The van der Waals surface area contributed by atoms with E-state index in [-0.39, 0.29) is 5.54 Å². The molecule has 1 saturated heterocycles. The molecule has 2 heteroatoms. The van der Waals surface area contributed by atoms with E-state index in [9.17, 15) is 0 Å². The average molecular weight is 360 g/mol. The highest BCUT2D eigenvalue weighted by atomic mass is 15.2. The van der Waals surface area contributed by atoms with Crippen LogP contribution in [0.1, 0.15) is 30.5 Å². The van der Waals surface area contributed by atoms with Gasteiger partial charge in [0.15, 0.2) is 0 Å². The molecule has 1 aliphatic heterocycles. The van der Waals surface area contributed by atoms with E-state index in [2.05, 4.69) is 101 Å². The highest BCUT2D eigenvalue weighted by Crippen LogP contribution is 2.42. The molecule has 140 valence electrons. The van der Waals surface area contributed by atoms with Gasteiger partial charge in [-0.05, 0) is 16.7 Å². The van der Waals surface area contributed by atoms with Gasteiger partial charge in [0.25, 0.3) is 0 Å². The molecular formula is C25H31N2+. The molecule has 27 heavy (non-hydrogen) atoms. The number of nitrogens with zero attached hydrogens (tertiary/aromatic N) is 1. The van der Waals surface area contributed by atoms with Crippen LogP contribution in [0.4, 0.5) is 0 Å². The third-order valence-corrected chi connectivity index (χ3v) is 5.26. The first-order chi connectivity index (χ1) is 13.4. The van der Waals surface area contributed by atoms with Crippen molar-refractivity contribution in [1.82, 2.24) is 4.90 Å². The van der Waals surface area contributed by atoms with Gasteiger partial charge in [0, 0.05) is 13.1 Å². The van der Waals surface area contributed by atoms with E-state index in [1.165, 1.54) is 16.7 Å². The molecule has 0 radical (unpaired) electrons.